The number of methoxy groups -OCH3 is 1. The molecule has 156 valence electrons. The van der Waals surface area contributed by atoms with Crippen molar-refractivity contribution in [3.63, 3.8) is 0 Å². The molecule has 5 rings (SSSR count). The zero-order valence-electron chi connectivity index (χ0n) is 17.8. The van der Waals surface area contributed by atoms with Crippen molar-refractivity contribution in [2.45, 2.75) is 57.0 Å². The van der Waals surface area contributed by atoms with E-state index >= 15 is 0 Å². The first-order valence-electron chi connectivity index (χ1n) is 11.1. The molecule has 5 nitrogen and oxygen atoms in total. The summed E-state index contributed by atoms with van der Waals surface area (Å²) in [6.07, 6.45) is 8.01. The number of nitriles is 1. The third-order valence-electron chi connectivity index (χ3n) is 7.44. The number of hydrogen-bond acceptors (Lipinski definition) is 3. The van der Waals surface area contributed by atoms with Crippen molar-refractivity contribution in [1.29, 1.82) is 5.26 Å². The van der Waals surface area contributed by atoms with E-state index in [9.17, 15) is 10.1 Å². The summed E-state index contributed by atoms with van der Waals surface area (Å²) >= 11 is 0. The fraction of sp³-hybridized carbons (Fsp3) is 0.667. The predicted octanol–water partition coefficient (Wildman–Crippen LogP) is 2.42. The second kappa shape index (κ2) is 8.36. The van der Waals surface area contributed by atoms with Gasteiger partial charge in [0.2, 0.25) is 0 Å². The number of hydrogen-bond donors (Lipinski definition) is 1. The number of rotatable bonds is 8. The molecule has 0 spiro atoms. The molecule has 1 unspecified atom stereocenters. The molecule has 0 heterocycles. The number of carbonyl (C=O) groups excluding carboxylic acids is 1. The Labute approximate surface area is 174 Å². The largest absolute Gasteiger partial charge is 0.497 e. The Morgan fingerprint density at radius 2 is 1.76 bits per heavy atom. The molecule has 1 aromatic rings. The highest BCUT2D eigenvalue weighted by Crippen LogP contribution is 2.57. The fourth-order valence-corrected chi connectivity index (χ4v) is 6.69. The molecule has 1 amide bonds. The molecule has 4 aliphatic carbocycles. The van der Waals surface area contributed by atoms with Crippen molar-refractivity contribution < 1.29 is 14.4 Å². The molecule has 4 saturated carbocycles. The second-order valence-electron chi connectivity index (χ2n) is 9.75. The second-order valence-corrected chi connectivity index (χ2v) is 9.75. The van der Waals surface area contributed by atoms with Crippen molar-refractivity contribution in [3.8, 4) is 11.8 Å². The molecule has 0 aromatic heterocycles. The lowest BCUT2D eigenvalue weighted by atomic mass is 9.52. The Balaban J connectivity index is 1.44. The lowest BCUT2D eigenvalue weighted by molar-refractivity contribution is -0.885. The Morgan fingerprint density at radius 3 is 2.28 bits per heavy atom. The van der Waals surface area contributed by atoms with Gasteiger partial charge >= 0.3 is 0 Å². The van der Waals surface area contributed by atoms with E-state index in [1.165, 1.54) is 29.7 Å². The number of quaternary nitrogens is 1. The van der Waals surface area contributed by atoms with Crippen LogP contribution in [0.5, 0.6) is 5.75 Å². The third-order valence-corrected chi connectivity index (χ3v) is 7.44. The van der Waals surface area contributed by atoms with E-state index < -0.39 is 0 Å². The molecule has 29 heavy (non-hydrogen) atoms. The summed E-state index contributed by atoms with van der Waals surface area (Å²) in [5.41, 5.74) is 1.23. The summed E-state index contributed by atoms with van der Waals surface area (Å²) < 4.78 is 5.23. The third kappa shape index (κ3) is 4.28. The maximum absolute atomic E-state index is 13.4. The SMILES string of the molecule is COc1ccc(C[NH+](C)CC(=O)N(CCC#N)C23CC4CC(CC(C4)C2)C3)cc1. The van der Waals surface area contributed by atoms with E-state index in [-0.39, 0.29) is 11.4 Å². The summed E-state index contributed by atoms with van der Waals surface area (Å²) in [5, 5.41) is 9.19. The molecular weight excluding hydrogens is 362 g/mol. The monoisotopic (exact) mass is 396 g/mol. The van der Waals surface area contributed by atoms with Crippen LogP contribution in [0, 0.1) is 29.1 Å². The van der Waals surface area contributed by atoms with Gasteiger partial charge in [-0.15, -0.1) is 0 Å². The highest BCUT2D eigenvalue weighted by molar-refractivity contribution is 5.78. The van der Waals surface area contributed by atoms with Gasteiger partial charge in [0.05, 0.1) is 26.6 Å². The van der Waals surface area contributed by atoms with Gasteiger partial charge in [-0.2, -0.15) is 5.26 Å². The van der Waals surface area contributed by atoms with Gasteiger partial charge in [-0.1, -0.05) is 0 Å². The van der Waals surface area contributed by atoms with E-state index in [0.29, 0.717) is 19.5 Å². The van der Waals surface area contributed by atoms with Crippen LogP contribution in [0.3, 0.4) is 0 Å². The average Bonchev–Trinajstić information content (AvgIpc) is 2.67. The standard InChI is InChI=1S/C24H33N3O2/c1-26(16-18-4-6-22(29-2)7-5-18)17-23(28)27(9-3-8-25)24-13-19-10-20(14-24)12-21(11-19)15-24/h4-7,19-21H,3,9-17H2,1-2H3/p+1. The van der Waals surface area contributed by atoms with Gasteiger partial charge in [0.1, 0.15) is 12.3 Å². The molecule has 1 N–H and O–H groups in total. The molecule has 0 saturated heterocycles. The van der Waals surface area contributed by atoms with Gasteiger partial charge in [-0.25, -0.2) is 0 Å². The van der Waals surface area contributed by atoms with Crippen molar-refractivity contribution in [3.05, 3.63) is 29.8 Å². The number of benzene rings is 1. The quantitative estimate of drug-likeness (QED) is 0.734. The van der Waals surface area contributed by atoms with Crippen LogP contribution in [0.1, 0.15) is 50.5 Å². The molecular formula is C24H34N3O2+. The average molecular weight is 397 g/mol. The summed E-state index contributed by atoms with van der Waals surface area (Å²) in [4.78, 5) is 16.8. The maximum Gasteiger partial charge on any atom is 0.278 e. The van der Waals surface area contributed by atoms with Crippen LogP contribution in [0.15, 0.2) is 24.3 Å². The summed E-state index contributed by atoms with van der Waals surface area (Å²) in [6.45, 7) is 1.89. The highest BCUT2D eigenvalue weighted by atomic mass is 16.5. The van der Waals surface area contributed by atoms with Crippen LogP contribution in [0.4, 0.5) is 0 Å². The first-order valence-corrected chi connectivity index (χ1v) is 11.1. The lowest BCUT2D eigenvalue weighted by Crippen LogP contribution is -3.09. The number of likely N-dealkylation sites (N-methyl/N-ethyl adjacent to an activating group) is 1. The number of amides is 1. The first kappa shape index (κ1) is 20.2. The molecule has 1 aromatic carbocycles. The Kier molecular flexibility index (Phi) is 5.83. The smallest absolute Gasteiger partial charge is 0.278 e. The predicted molar refractivity (Wildman–Crippen MR) is 111 cm³/mol. The minimum absolute atomic E-state index is 0.0308. The Bertz CT molecular complexity index is 732. The Morgan fingerprint density at radius 1 is 1.17 bits per heavy atom. The summed E-state index contributed by atoms with van der Waals surface area (Å²) in [5.74, 6) is 3.47. The summed E-state index contributed by atoms with van der Waals surface area (Å²) in [6, 6.07) is 10.4. The van der Waals surface area contributed by atoms with E-state index in [1.807, 2.05) is 12.1 Å². The Hall–Kier alpha value is -2.06. The van der Waals surface area contributed by atoms with Gasteiger partial charge in [-0.3, -0.25) is 4.79 Å². The van der Waals surface area contributed by atoms with Crippen LogP contribution in [-0.2, 0) is 11.3 Å². The van der Waals surface area contributed by atoms with Crippen molar-refractivity contribution >= 4 is 5.91 Å². The molecule has 4 fully saturated rings. The lowest BCUT2D eigenvalue weighted by Gasteiger charge is -2.60. The van der Waals surface area contributed by atoms with Gasteiger partial charge in [0.15, 0.2) is 6.54 Å². The van der Waals surface area contributed by atoms with Gasteiger partial charge in [0.25, 0.3) is 5.91 Å². The molecule has 4 aliphatic rings. The van der Waals surface area contributed by atoms with Crippen LogP contribution < -0.4 is 9.64 Å². The van der Waals surface area contributed by atoms with Crippen LogP contribution in [0.2, 0.25) is 0 Å². The normalized spacial score (nSPS) is 30.6. The zero-order chi connectivity index (χ0) is 20.4. The van der Waals surface area contributed by atoms with E-state index in [2.05, 4.69) is 30.1 Å². The van der Waals surface area contributed by atoms with E-state index in [1.54, 1.807) is 7.11 Å². The molecule has 0 radical (unpaired) electrons. The zero-order valence-corrected chi connectivity index (χ0v) is 17.8. The molecule has 0 aliphatic heterocycles. The van der Waals surface area contributed by atoms with Gasteiger partial charge in [-0.05, 0) is 80.5 Å². The number of carbonyl (C=O) groups is 1. The number of nitrogens with zero attached hydrogens (tertiary/aromatic N) is 2. The number of ether oxygens (including phenoxy) is 1. The van der Waals surface area contributed by atoms with Crippen molar-refractivity contribution in [2.24, 2.45) is 17.8 Å². The van der Waals surface area contributed by atoms with Crippen molar-refractivity contribution in [2.75, 3.05) is 27.2 Å². The topological polar surface area (TPSA) is 57.8 Å². The fourth-order valence-electron chi connectivity index (χ4n) is 6.69. The molecule has 5 heteroatoms. The highest BCUT2D eigenvalue weighted by Gasteiger charge is 2.54. The van der Waals surface area contributed by atoms with Crippen LogP contribution in [-0.4, -0.2) is 43.6 Å². The van der Waals surface area contributed by atoms with Crippen LogP contribution in [0.25, 0.3) is 0 Å². The minimum atomic E-state index is 0.0308. The van der Waals surface area contributed by atoms with Crippen LogP contribution >= 0.6 is 0 Å². The molecule has 1 atom stereocenters. The first-order chi connectivity index (χ1) is 14.0. The molecule has 4 bridgehead atoms. The van der Waals surface area contributed by atoms with E-state index in [4.69, 9.17) is 4.74 Å². The van der Waals surface area contributed by atoms with E-state index in [0.717, 1.165) is 49.3 Å². The van der Waals surface area contributed by atoms with Crippen molar-refractivity contribution in [1.82, 2.24) is 4.90 Å². The van der Waals surface area contributed by atoms with Gasteiger partial charge < -0.3 is 14.5 Å². The minimum Gasteiger partial charge on any atom is -0.497 e. The number of nitrogens with one attached hydrogen (secondary N) is 1. The summed E-state index contributed by atoms with van der Waals surface area (Å²) in [7, 11) is 3.76. The van der Waals surface area contributed by atoms with Gasteiger partial charge in [0, 0.05) is 17.6 Å². The maximum atomic E-state index is 13.4.